The molecule has 1 aliphatic heterocycles. The predicted octanol–water partition coefficient (Wildman–Crippen LogP) is 1.50. The Balaban J connectivity index is 1.58. The van der Waals surface area contributed by atoms with Crippen LogP contribution in [0.4, 0.5) is 0 Å². The van der Waals surface area contributed by atoms with Crippen LogP contribution in [0.15, 0.2) is 30.3 Å². The van der Waals surface area contributed by atoms with Crippen LogP contribution >= 0.6 is 0 Å². The molecule has 2 fully saturated rings. The zero-order valence-electron chi connectivity index (χ0n) is 11.7. The van der Waals surface area contributed by atoms with Crippen molar-refractivity contribution in [1.29, 1.82) is 0 Å². The lowest BCUT2D eigenvalue weighted by Gasteiger charge is -2.19. The molecule has 0 spiro atoms. The van der Waals surface area contributed by atoms with Crippen molar-refractivity contribution in [3.63, 3.8) is 0 Å². The van der Waals surface area contributed by atoms with Gasteiger partial charge in [-0.25, -0.2) is 0 Å². The lowest BCUT2D eigenvalue weighted by atomic mass is 10.1. The maximum absolute atomic E-state index is 12.2. The van der Waals surface area contributed by atoms with Crippen molar-refractivity contribution in [1.82, 2.24) is 10.2 Å². The minimum atomic E-state index is -0.332. The van der Waals surface area contributed by atoms with Gasteiger partial charge in [0.05, 0.1) is 12.5 Å². The fraction of sp³-hybridized carbons (Fsp3) is 0.500. The summed E-state index contributed by atoms with van der Waals surface area (Å²) < 4.78 is 0. The van der Waals surface area contributed by atoms with Gasteiger partial charge >= 0.3 is 0 Å². The summed E-state index contributed by atoms with van der Waals surface area (Å²) in [6, 6.07) is 10.2. The van der Waals surface area contributed by atoms with Gasteiger partial charge in [-0.15, -0.1) is 0 Å². The number of carbonyl (C=O) groups excluding carboxylic acids is 2. The molecular weight excluding hydrogens is 252 g/mol. The standard InChI is InChI=1S/C16H20N2O2/c1-11(9-12-5-3-2-4-6-12)17-14-10-15(19)18(16(14)20)13-7-8-13/h2-6,11,13-14,17H,7-10H2,1H3. The first-order valence-electron chi connectivity index (χ1n) is 7.31. The Morgan fingerprint density at radius 3 is 2.60 bits per heavy atom. The van der Waals surface area contributed by atoms with Gasteiger partial charge in [0, 0.05) is 12.1 Å². The molecule has 106 valence electrons. The number of amides is 2. The fourth-order valence-corrected chi connectivity index (χ4v) is 2.87. The van der Waals surface area contributed by atoms with Crippen LogP contribution in [0, 0.1) is 0 Å². The van der Waals surface area contributed by atoms with Crippen LogP contribution in [-0.4, -0.2) is 34.8 Å². The van der Waals surface area contributed by atoms with Crippen LogP contribution in [-0.2, 0) is 16.0 Å². The van der Waals surface area contributed by atoms with Crippen molar-refractivity contribution in [2.45, 2.75) is 50.7 Å². The van der Waals surface area contributed by atoms with E-state index in [9.17, 15) is 9.59 Å². The van der Waals surface area contributed by atoms with Crippen LogP contribution in [0.1, 0.15) is 31.7 Å². The Kier molecular flexibility index (Phi) is 3.57. The molecule has 2 unspecified atom stereocenters. The summed E-state index contributed by atoms with van der Waals surface area (Å²) in [5.74, 6) is -0.0423. The smallest absolute Gasteiger partial charge is 0.247 e. The Hall–Kier alpha value is -1.68. The summed E-state index contributed by atoms with van der Waals surface area (Å²) in [6.45, 7) is 2.06. The topological polar surface area (TPSA) is 49.4 Å². The Labute approximate surface area is 119 Å². The summed E-state index contributed by atoms with van der Waals surface area (Å²) in [6.07, 6.45) is 3.13. The van der Waals surface area contributed by atoms with E-state index >= 15 is 0 Å². The number of hydrogen-bond acceptors (Lipinski definition) is 3. The second-order valence-electron chi connectivity index (χ2n) is 5.85. The van der Waals surface area contributed by atoms with Crippen LogP contribution < -0.4 is 5.32 Å². The van der Waals surface area contributed by atoms with E-state index in [0.717, 1.165) is 19.3 Å². The summed E-state index contributed by atoms with van der Waals surface area (Å²) in [4.78, 5) is 25.6. The first-order chi connectivity index (χ1) is 9.65. The van der Waals surface area contributed by atoms with E-state index in [1.807, 2.05) is 18.2 Å². The third-order valence-electron chi connectivity index (χ3n) is 3.97. The van der Waals surface area contributed by atoms with E-state index in [-0.39, 0.29) is 29.9 Å². The largest absolute Gasteiger partial charge is 0.303 e. The van der Waals surface area contributed by atoms with Crippen molar-refractivity contribution in [2.24, 2.45) is 0 Å². The summed E-state index contributed by atoms with van der Waals surface area (Å²) >= 11 is 0. The fourth-order valence-electron chi connectivity index (χ4n) is 2.87. The molecule has 4 heteroatoms. The number of nitrogens with one attached hydrogen (secondary N) is 1. The molecule has 1 aliphatic carbocycles. The number of imide groups is 1. The zero-order valence-corrected chi connectivity index (χ0v) is 11.7. The highest BCUT2D eigenvalue weighted by Gasteiger charge is 2.46. The number of benzene rings is 1. The molecule has 1 N–H and O–H groups in total. The molecule has 0 aromatic heterocycles. The lowest BCUT2D eigenvalue weighted by molar-refractivity contribution is -0.139. The molecule has 4 nitrogen and oxygen atoms in total. The van der Waals surface area contributed by atoms with Crippen LogP contribution in [0.5, 0.6) is 0 Å². The number of carbonyl (C=O) groups is 2. The van der Waals surface area contributed by atoms with Gasteiger partial charge in [-0.1, -0.05) is 30.3 Å². The van der Waals surface area contributed by atoms with Gasteiger partial charge in [-0.05, 0) is 31.7 Å². The van der Waals surface area contributed by atoms with Crippen molar-refractivity contribution in [2.75, 3.05) is 0 Å². The van der Waals surface area contributed by atoms with Crippen molar-refractivity contribution in [3.8, 4) is 0 Å². The van der Waals surface area contributed by atoms with Crippen LogP contribution in [0.3, 0.4) is 0 Å². The Morgan fingerprint density at radius 2 is 1.95 bits per heavy atom. The second-order valence-corrected chi connectivity index (χ2v) is 5.85. The SMILES string of the molecule is CC(Cc1ccccc1)NC1CC(=O)N(C2CC2)C1=O. The molecular formula is C16H20N2O2. The van der Waals surface area contributed by atoms with E-state index in [4.69, 9.17) is 0 Å². The van der Waals surface area contributed by atoms with Gasteiger partial charge < -0.3 is 5.32 Å². The third kappa shape index (κ3) is 2.75. The van der Waals surface area contributed by atoms with Crippen molar-refractivity contribution >= 4 is 11.8 Å². The van der Waals surface area contributed by atoms with E-state index in [1.165, 1.54) is 10.5 Å². The van der Waals surface area contributed by atoms with Gasteiger partial charge in [0.25, 0.3) is 0 Å². The highest BCUT2D eigenvalue weighted by atomic mass is 16.2. The Morgan fingerprint density at radius 1 is 1.25 bits per heavy atom. The average molecular weight is 272 g/mol. The van der Waals surface area contributed by atoms with Crippen molar-refractivity contribution in [3.05, 3.63) is 35.9 Å². The monoisotopic (exact) mass is 272 g/mol. The molecule has 1 aromatic rings. The molecule has 0 radical (unpaired) electrons. The molecule has 2 atom stereocenters. The number of nitrogens with zero attached hydrogens (tertiary/aromatic N) is 1. The maximum atomic E-state index is 12.2. The number of hydrogen-bond donors (Lipinski definition) is 1. The zero-order chi connectivity index (χ0) is 14.1. The minimum absolute atomic E-state index is 0.0121. The van der Waals surface area contributed by atoms with Gasteiger partial charge in [0.2, 0.25) is 11.8 Å². The van der Waals surface area contributed by atoms with Gasteiger partial charge in [0.1, 0.15) is 0 Å². The molecule has 1 heterocycles. The molecule has 2 amide bonds. The van der Waals surface area contributed by atoms with Crippen LogP contribution in [0.2, 0.25) is 0 Å². The van der Waals surface area contributed by atoms with Gasteiger partial charge in [-0.2, -0.15) is 0 Å². The first-order valence-corrected chi connectivity index (χ1v) is 7.31. The quantitative estimate of drug-likeness (QED) is 0.826. The lowest BCUT2D eigenvalue weighted by Crippen LogP contribution is -2.44. The first kappa shape index (κ1) is 13.3. The van der Waals surface area contributed by atoms with Crippen molar-refractivity contribution < 1.29 is 9.59 Å². The molecule has 1 saturated heterocycles. The predicted molar refractivity (Wildman–Crippen MR) is 76.0 cm³/mol. The minimum Gasteiger partial charge on any atom is -0.303 e. The van der Waals surface area contributed by atoms with Gasteiger partial charge in [0.15, 0.2) is 0 Å². The van der Waals surface area contributed by atoms with E-state index < -0.39 is 0 Å². The third-order valence-corrected chi connectivity index (χ3v) is 3.97. The highest BCUT2D eigenvalue weighted by molar-refractivity contribution is 6.06. The number of likely N-dealkylation sites (tertiary alicyclic amines) is 1. The van der Waals surface area contributed by atoms with E-state index in [0.29, 0.717) is 6.42 Å². The highest BCUT2D eigenvalue weighted by Crippen LogP contribution is 2.31. The molecule has 20 heavy (non-hydrogen) atoms. The molecule has 3 rings (SSSR count). The van der Waals surface area contributed by atoms with Crippen LogP contribution in [0.25, 0.3) is 0 Å². The average Bonchev–Trinajstić information content (AvgIpc) is 3.19. The molecule has 2 aliphatic rings. The molecule has 0 bridgehead atoms. The van der Waals surface area contributed by atoms with Gasteiger partial charge in [-0.3, -0.25) is 14.5 Å². The second kappa shape index (κ2) is 5.37. The van der Waals surface area contributed by atoms with E-state index in [2.05, 4.69) is 24.4 Å². The maximum Gasteiger partial charge on any atom is 0.247 e. The summed E-state index contributed by atoms with van der Waals surface area (Å²) in [5, 5.41) is 3.31. The molecule has 1 saturated carbocycles. The summed E-state index contributed by atoms with van der Waals surface area (Å²) in [7, 11) is 0. The normalized spacial score (nSPS) is 24.2. The van der Waals surface area contributed by atoms with E-state index in [1.54, 1.807) is 0 Å². The molecule has 1 aromatic carbocycles. The Bertz CT molecular complexity index is 510. The summed E-state index contributed by atoms with van der Waals surface area (Å²) in [5.41, 5.74) is 1.24. The number of rotatable bonds is 5.